The Morgan fingerprint density at radius 2 is 1.83 bits per heavy atom. The Hall–Kier alpha value is -2.84. The van der Waals surface area contributed by atoms with E-state index in [1.165, 1.54) is 5.56 Å². The molecule has 0 amide bonds. The lowest BCUT2D eigenvalue weighted by Gasteiger charge is -2.11. The van der Waals surface area contributed by atoms with E-state index in [1.54, 1.807) is 18.0 Å². The normalized spacial score (nSPS) is 12.3. The van der Waals surface area contributed by atoms with Gasteiger partial charge in [0.25, 0.3) is 0 Å². The number of benzene rings is 2. The van der Waals surface area contributed by atoms with Crippen LogP contribution >= 0.6 is 27.7 Å². The van der Waals surface area contributed by atoms with Gasteiger partial charge >= 0.3 is 0 Å². The molecule has 0 N–H and O–H groups in total. The fourth-order valence-corrected chi connectivity index (χ4v) is 4.80. The van der Waals surface area contributed by atoms with E-state index < -0.39 is 0 Å². The van der Waals surface area contributed by atoms with Crippen LogP contribution in [0.5, 0.6) is 11.5 Å². The van der Waals surface area contributed by atoms with Crippen molar-refractivity contribution in [2.45, 2.75) is 17.5 Å². The number of thioether (sulfide) groups is 1. The van der Waals surface area contributed by atoms with Crippen LogP contribution in [-0.2, 0) is 12.3 Å². The molecular formula is C22H17BrN4O2S. The van der Waals surface area contributed by atoms with Gasteiger partial charge in [0.2, 0.25) is 6.79 Å². The summed E-state index contributed by atoms with van der Waals surface area (Å²) in [5.41, 5.74) is 3.24. The molecule has 5 rings (SSSR count). The maximum Gasteiger partial charge on any atom is 0.231 e. The molecule has 0 fully saturated rings. The molecule has 0 bridgehead atoms. The molecule has 30 heavy (non-hydrogen) atoms. The van der Waals surface area contributed by atoms with E-state index in [9.17, 15) is 0 Å². The average Bonchev–Trinajstić information content (AvgIpc) is 3.40. The van der Waals surface area contributed by atoms with Crippen LogP contribution < -0.4 is 9.47 Å². The monoisotopic (exact) mass is 480 g/mol. The van der Waals surface area contributed by atoms with Gasteiger partial charge in [0.1, 0.15) is 0 Å². The predicted molar refractivity (Wildman–Crippen MR) is 119 cm³/mol. The number of pyridine rings is 1. The van der Waals surface area contributed by atoms with E-state index in [0.717, 1.165) is 43.8 Å². The summed E-state index contributed by atoms with van der Waals surface area (Å²) in [6, 6.07) is 18.2. The number of halogens is 1. The zero-order valence-electron chi connectivity index (χ0n) is 15.9. The van der Waals surface area contributed by atoms with Crippen molar-refractivity contribution in [3.05, 3.63) is 82.6 Å². The van der Waals surface area contributed by atoms with Crippen molar-refractivity contribution in [3.63, 3.8) is 0 Å². The Morgan fingerprint density at radius 3 is 2.63 bits per heavy atom. The van der Waals surface area contributed by atoms with Gasteiger partial charge in [-0.2, -0.15) is 0 Å². The molecule has 2 aromatic heterocycles. The Morgan fingerprint density at radius 1 is 1.00 bits per heavy atom. The fourth-order valence-electron chi connectivity index (χ4n) is 3.22. The highest BCUT2D eigenvalue weighted by molar-refractivity contribution is 9.10. The van der Waals surface area contributed by atoms with Crippen LogP contribution in [0, 0.1) is 0 Å². The summed E-state index contributed by atoms with van der Waals surface area (Å²) in [6.45, 7) is 0.945. The fraction of sp³-hybridized carbons (Fsp3) is 0.136. The van der Waals surface area contributed by atoms with Crippen molar-refractivity contribution in [1.29, 1.82) is 0 Å². The standard InChI is InChI=1S/C22H17BrN4O2S/c23-18-10-20-19(28-14-29-20)9-17(18)13-30-22-26-25-21(16-7-4-8-24-11-16)27(22)12-15-5-2-1-3-6-15/h1-11H,12-14H2. The molecule has 4 aromatic rings. The first-order valence-electron chi connectivity index (χ1n) is 9.36. The minimum Gasteiger partial charge on any atom is -0.454 e. The summed E-state index contributed by atoms with van der Waals surface area (Å²) in [7, 11) is 0. The number of nitrogens with zero attached hydrogens (tertiary/aromatic N) is 4. The Kier molecular flexibility index (Phi) is 5.42. The van der Waals surface area contributed by atoms with Crippen molar-refractivity contribution in [3.8, 4) is 22.9 Å². The predicted octanol–water partition coefficient (Wildman–Crippen LogP) is 5.17. The molecule has 1 aliphatic heterocycles. The second kappa shape index (κ2) is 8.49. The van der Waals surface area contributed by atoms with Crippen molar-refractivity contribution in [2.75, 3.05) is 6.79 Å². The first-order chi connectivity index (χ1) is 14.8. The maximum absolute atomic E-state index is 5.52. The number of hydrogen-bond donors (Lipinski definition) is 0. The second-order valence-electron chi connectivity index (χ2n) is 6.71. The number of ether oxygens (including phenoxy) is 2. The van der Waals surface area contributed by atoms with E-state index in [4.69, 9.17) is 9.47 Å². The number of hydrogen-bond acceptors (Lipinski definition) is 6. The SMILES string of the molecule is Brc1cc2c(cc1CSc1nnc(-c3cccnc3)n1Cc1ccccc1)OCO2. The van der Waals surface area contributed by atoms with Gasteiger partial charge in [-0.05, 0) is 35.4 Å². The third-order valence-corrected chi connectivity index (χ3v) is 6.47. The zero-order valence-corrected chi connectivity index (χ0v) is 18.3. The minimum atomic E-state index is 0.262. The minimum absolute atomic E-state index is 0.262. The molecule has 6 nitrogen and oxygen atoms in total. The number of rotatable bonds is 6. The van der Waals surface area contributed by atoms with Crippen LogP contribution in [0.25, 0.3) is 11.4 Å². The first-order valence-corrected chi connectivity index (χ1v) is 11.1. The van der Waals surface area contributed by atoms with Gasteiger partial charge in [-0.25, -0.2) is 0 Å². The van der Waals surface area contributed by atoms with E-state index >= 15 is 0 Å². The van der Waals surface area contributed by atoms with Crippen LogP contribution in [0.3, 0.4) is 0 Å². The molecule has 0 saturated heterocycles. The van der Waals surface area contributed by atoms with Crippen LogP contribution in [-0.4, -0.2) is 26.5 Å². The third kappa shape index (κ3) is 3.93. The molecule has 0 unspecified atom stereocenters. The lowest BCUT2D eigenvalue weighted by atomic mass is 10.2. The molecule has 1 aliphatic rings. The van der Waals surface area contributed by atoms with Gasteiger partial charge in [-0.1, -0.05) is 58.0 Å². The molecular weight excluding hydrogens is 464 g/mol. The molecule has 0 atom stereocenters. The van der Waals surface area contributed by atoms with Crippen LogP contribution in [0.15, 0.2) is 76.6 Å². The van der Waals surface area contributed by atoms with Crippen LogP contribution in [0.1, 0.15) is 11.1 Å². The first kappa shape index (κ1) is 19.1. The number of aromatic nitrogens is 4. The van der Waals surface area contributed by atoms with Crippen molar-refractivity contribution in [1.82, 2.24) is 19.7 Å². The lowest BCUT2D eigenvalue weighted by molar-refractivity contribution is 0.174. The summed E-state index contributed by atoms with van der Waals surface area (Å²) in [5, 5.41) is 9.80. The smallest absolute Gasteiger partial charge is 0.231 e. The molecule has 3 heterocycles. The molecule has 0 spiro atoms. The van der Waals surface area contributed by atoms with E-state index in [1.807, 2.05) is 48.7 Å². The van der Waals surface area contributed by atoms with Crippen molar-refractivity contribution < 1.29 is 9.47 Å². The second-order valence-corrected chi connectivity index (χ2v) is 8.50. The zero-order chi connectivity index (χ0) is 20.3. The largest absolute Gasteiger partial charge is 0.454 e. The van der Waals surface area contributed by atoms with Crippen LogP contribution in [0.4, 0.5) is 0 Å². The third-order valence-electron chi connectivity index (χ3n) is 4.72. The molecule has 8 heteroatoms. The summed E-state index contributed by atoms with van der Waals surface area (Å²) >= 11 is 5.27. The van der Waals surface area contributed by atoms with Gasteiger partial charge in [-0.15, -0.1) is 10.2 Å². The topological polar surface area (TPSA) is 62.1 Å². The van der Waals surface area contributed by atoms with E-state index in [0.29, 0.717) is 6.54 Å². The Labute approximate surface area is 186 Å². The molecule has 2 aromatic carbocycles. The molecule has 150 valence electrons. The van der Waals surface area contributed by atoms with Gasteiger partial charge in [0, 0.05) is 28.2 Å². The van der Waals surface area contributed by atoms with Gasteiger partial charge < -0.3 is 9.47 Å². The summed E-state index contributed by atoms with van der Waals surface area (Å²) in [6.07, 6.45) is 3.57. The summed E-state index contributed by atoms with van der Waals surface area (Å²) in [4.78, 5) is 4.24. The summed E-state index contributed by atoms with van der Waals surface area (Å²) in [5.74, 6) is 3.06. The number of fused-ring (bicyclic) bond motifs is 1. The molecule has 0 radical (unpaired) electrons. The van der Waals surface area contributed by atoms with Gasteiger partial charge in [0.05, 0.1) is 6.54 Å². The highest BCUT2D eigenvalue weighted by atomic mass is 79.9. The van der Waals surface area contributed by atoms with Gasteiger partial charge in [-0.3, -0.25) is 9.55 Å². The Bertz CT molecular complexity index is 1170. The highest BCUT2D eigenvalue weighted by Gasteiger charge is 2.19. The van der Waals surface area contributed by atoms with Gasteiger partial charge in [0.15, 0.2) is 22.5 Å². The highest BCUT2D eigenvalue weighted by Crippen LogP contribution is 2.39. The molecule has 0 saturated carbocycles. The quantitative estimate of drug-likeness (QED) is 0.354. The van der Waals surface area contributed by atoms with Crippen molar-refractivity contribution >= 4 is 27.7 Å². The van der Waals surface area contributed by atoms with Crippen LogP contribution in [0.2, 0.25) is 0 Å². The Balaban J connectivity index is 1.45. The molecule has 0 aliphatic carbocycles. The summed E-state index contributed by atoms with van der Waals surface area (Å²) < 4.78 is 14.1. The average molecular weight is 481 g/mol. The van der Waals surface area contributed by atoms with E-state index in [2.05, 4.69) is 47.8 Å². The van der Waals surface area contributed by atoms with E-state index in [-0.39, 0.29) is 6.79 Å². The van der Waals surface area contributed by atoms with Crippen molar-refractivity contribution in [2.24, 2.45) is 0 Å². The lowest BCUT2D eigenvalue weighted by Crippen LogP contribution is -2.04. The maximum atomic E-state index is 5.52.